The van der Waals surface area contributed by atoms with Crippen LogP contribution in [-0.4, -0.2) is 22.2 Å². The smallest absolute Gasteiger partial charge is 0.288 e. The summed E-state index contributed by atoms with van der Waals surface area (Å²) in [4.78, 5) is 23.2. The van der Waals surface area contributed by atoms with Crippen molar-refractivity contribution in [1.82, 2.24) is 5.43 Å². The lowest BCUT2D eigenvalue weighted by atomic mass is 9.85. The van der Waals surface area contributed by atoms with Gasteiger partial charge >= 0.3 is 0 Å². The van der Waals surface area contributed by atoms with E-state index < -0.39 is 16.4 Å². The molecule has 0 saturated heterocycles. The van der Waals surface area contributed by atoms with Crippen molar-refractivity contribution >= 4 is 29.4 Å². The molecule has 0 spiro atoms. The summed E-state index contributed by atoms with van der Waals surface area (Å²) in [6.07, 6.45) is 1.23. The molecule has 0 bridgehead atoms. The lowest BCUT2D eigenvalue weighted by Gasteiger charge is -2.27. The van der Waals surface area contributed by atoms with E-state index in [1.54, 1.807) is 60.7 Å². The average molecular weight is 410 g/mol. The number of hydrogen-bond acceptors (Lipinski definition) is 5. The molecule has 2 N–H and O–H groups in total. The average Bonchev–Trinajstić information content (AvgIpc) is 2.75. The van der Waals surface area contributed by atoms with Crippen LogP contribution in [0.2, 0.25) is 5.02 Å². The van der Waals surface area contributed by atoms with E-state index in [0.717, 1.165) is 0 Å². The Morgan fingerprint density at radius 3 is 2.10 bits per heavy atom. The molecule has 1 amide bonds. The molecule has 0 heterocycles. The van der Waals surface area contributed by atoms with Crippen LogP contribution >= 0.6 is 11.6 Å². The minimum absolute atomic E-state index is 0.00119. The standard InChI is InChI=1S/C21H16ClN3O4/c22-18-12-11-15(13-19(18)25(28)29)14-23-24-20(26)21(27,16-7-3-1-4-8-16)17-9-5-2-6-10-17/h1-14,27H,(H,24,26)/b23-14+. The molecule has 0 atom stereocenters. The summed E-state index contributed by atoms with van der Waals surface area (Å²) in [5, 5.41) is 26.1. The summed E-state index contributed by atoms with van der Waals surface area (Å²) in [5.74, 6) is -0.769. The molecule has 0 aromatic heterocycles. The van der Waals surface area contributed by atoms with Crippen molar-refractivity contribution in [3.63, 3.8) is 0 Å². The van der Waals surface area contributed by atoms with Gasteiger partial charge in [-0.1, -0.05) is 78.3 Å². The highest BCUT2D eigenvalue weighted by atomic mass is 35.5. The third kappa shape index (κ3) is 4.31. The van der Waals surface area contributed by atoms with Crippen LogP contribution in [0, 0.1) is 10.1 Å². The van der Waals surface area contributed by atoms with Crippen molar-refractivity contribution < 1.29 is 14.8 Å². The molecule has 0 saturated carbocycles. The molecular weight excluding hydrogens is 394 g/mol. The molecule has 0 unspecified atom stereocenters. The Balaban J connectivity index is 1.88. The number of nitrogens with zero attached hydrogens (tertiary/aromatic N) is 2. The fourth-order valence-electron chi connectivity index (χ4n) is 2.78. The van der Waals surface area contributed by atoms with E-state index in [1.165, 1.54) is 24.4 Å². The number of amides is 1. The molecule has 0 fully saturated rings. The summed E-state index contributed by atoms with van der Waals surface area (Å²) < 4.78 is 0. The number of hydrazone groups is 1. The van der Waals surface area contributed by atoms with Crippen LogP contribution in [0.4, 0.5) is 5.69 Å². The number of carbonyl (C=O) groups excluding carboxylic acids is 1. The monoisotopic (exact) mass is 409 g/mol. The summed E-state index contributed by atoms with van der Waals surface area (Å²) >= 11 is 5.78. The molecule has 0 aliphatic heterocycles. The lowest BCUT2D eigenvalue weighted by Crippen LogP contribution is -2.43. The Hall–Kier alpha value is -3.55. The van der Waals surface area contributed by atoms with Gasteiger partial charge in [0.2, 0.25) is 0 Å². The van der Waals surface area contributed by atoms with Gasteiger partial charge in [-0.25, -0.2) is 5.43 Å². The molecule has 0 aliphatic carbocycles. The van der Waals surface area contributed by atoms with Crippen molar-refractivity contribution in [2.45, 2.75) is 5.60 Å². The Labute approximate surface area is 171 Å². The van der Waals surface area contributed by atoms with Gasteiger partial charge < -0.3 is 5.11 Å². The zero-order chi connectivity index (χ0) is 20.9. The topological polar surface area (TPSA) is 105 Å². The van der Waals surface area contributed by atoms with Gasteiger partial charge in [-0.2, -0.15) is 5.10 Å². The highest BCUT2D eigenvalue weighted by Crippen LogP contribution is 2.30. The summed E-state index contributed by atoms with van der Waals surface area (Å²) in [7, 11) is 0. The summed E-state index contributed by atoms with van der Waals surface area (Å²) in [6.45, 7) is 0. The highest BCUT2D eigenvalue weighted by Gasteiger charge is 2.39. The Bertz CT molecular complexity index is 1020. The van der Waals surface area contributed by atoms with Crippen molar-refractivity contribution in [1.29, 1.82) is 0 Å². The van der Waals surface area contributed by atoms with Gasteiger partial charge in [-0.3, -0.25) is 14.9 Å². The molecule has 3 aromatic rings. The molecule has 0 radical (unpaired) electrons. The molecule has 3 rings (SSSR count). The first-order valence-corrected chi connectivity index (χ1v) is 8.91. The maximum Gasteiger partial charge on any atom is 0.288 e. The first kappa shape index (κ1) is 20.2. The van der Waals surface area contributed by atoms with Gasteiger partial charge in [0.15, 0.2) is 5.60 Å². The van der Waals surface area contributed by atoms with Crippen LogP contribution in [-0.2, 0) is 10.4 Å². The van der Waals surface area contributed by atoms with E-state index in [0.29, 0.717) is 16.7 Å². The van der Waals surface area contributed by atoms with Crippen molar-refractivity contribution in [3.8, 4) is 0 Å². The summed E-state index contributed by atoms with van der Waals surface area (Å²) in [6, 6.07) is 21.1. The minimum atomic E-state index is -1.97. The molecule has 29 heavy (non-hydrogen) atoms. The number of nitro benzene ring substituents is 1. The number of aliphatic hydroxyl groups is 1. The van der Waals surface area contributed by atoms with Crippen molar-refractivity contribution in [3.05, 3.63) is 111 Å². The maximum absolute atomic E-state index is 12.9. The third-order valence-corrected chi connectivity index (χ3v) is 4.58. The predicted octanol–water partition coefficient (Wildman–Crippen LogP) is 3.63. The number of carbonyl (C=O) groups is 1. The Morgan fingerprint density at radius 2 is 1.59 bits per heavy atom. The zero-order valence-electron chi connectivity index (χ0n) is 15.0. The summed E-state index contributed by atoms with van der Waals surface area (Å²) in [5.41, 5.74) is 1.19. The largest absolute Gasteiger partial charge is 0.372 e. The molecule has 8 heteroatoms. The first-order chi connectivity index (χ1) is 13.9. The molecule has 0 aliphatic rings. The van der Waals surface area contributed by atoms with Gasteiger partial charge in [-0.15, -0.1) is 0 Å². The quantitative estimate of drug-likeness (QED) is 0.368. The number of rotatable bonds is 6. The highest BCUT2D eigenvalue weighted by molar-refractivity contribution is 6.32. The van der Waals surface area contributed by atoms with Gasteiger partial charge in [0.25, 0.3) is 11.6 Å². The fourth-order valence-corrected chi connectivity index (χ4v) is 2.97. The molecule has 7 nitrogen and oxygen atoms in total. The number of halogens is 1. The minimum Gasteiger partial charge on any atom is -0.372 e. The normalized spacial score (nSPS) is 11.4. The number of hydrogen-bond donors (Lipinski definition) is 2. The van der Waals surface area contributed by atoms with E-state index in [9.17, 15) is 20.0 Å². The second-order valence-electron chi connectivity index (χ2n) is 6.11. The van der Waals surface area contributed by atoms with E-state index >= 15 is 0 Å². The van der Waals surface area contributed by atoms with Crippen LogP contribution in [0.3, 0.4) is 0 Å². The first-order valence-electron chi connectivity index (χ1n) is 8.54. The van der Waals surface area contributed by atoms with Crippen molar-refractivity contribution in [2.24, 2.45) is 5.10 Å². The second kappa shape index (κ2) is 8.64. The Morgan fingerprint density at radius 1 is 1.03 bits per heavy atom. The predicted molar refractivity (Wildman–Crippen MR) is 110 cm³/mol. The zero-order valence-corrected chi connectivity index (χ0v) is 15.8. The van der Waals surface area contributed by atoms with Gasteiger partial charge in [-0.05, 0) is 17.2 Å². The maximum atomic E-state index is 12.9. The van der Waals surface area contributed by atoms with E-state index in [4.69, 9.17) is 11.6 Å². The number of benzene rings is 3. The molecule has 3 aromatic carbocycles. The van der Waals surface area contributed by atoms with Crippen LogP contribution in [0.5, 0.6) is 0 Å². The van der Waals surface area contributed by atoms with Crippen LogP contribution in [0.25, 0.3) is 0 Å². The third-order valence-electron chi connectivity index (χ3n) is 4.26. The SMILES string of the molecule is O=C(N/N=C/c1ccc(Cl)c([N+](=O)[O-])c1)C(O)(c1ccccc1)c1ccccc1. The number of nitro groups is 1. The van der Waals surface area contributed by atoms with E-state index in [1.807, 2.05) is 0 Å². The molecule has 146 valence electrons. The Kier molecular flexibility index (Phi) is 6.01. The number of nitrogens with one attached hydrogen (secondary N) is 1. The van der Waals surface area contributed by atoms with E-state index in [-0.39, 0.29) is 10.7 Å². The van der Waals surface area contributed by atoms with Crippen LogP contribution < -0.4 is 5.43 Å². The lowest BCUT2D eigenvalue weighted by molar-refractivity contribution is -0.384. The van der Waals surface area contributed by atoms with Crippen LogP contribution in [0.1, 0.15) is 16.7 Å². The van der Waals surface area contributed by atoms with Crippen LogP contribution in [0.15, 0.2) is 84.0 Å². The fraction of sp³-hybridized carbons (Fsp3) is 0.0476. The van der Waals surface area contributed by atoms with Gasteiger partial charge in [0.1, 0.15) is 5.02 Å². The van der Waals surface area contributed by atoms with E-state index in [2.05, 4.69) is 10.5 Å². The van der Waals surface area contributed by atoms with Gasteiger partial charge in [0.05, 0.1) is 11.1 Å². The second-order valence-corrected chi connectivity index (χ2v) is 6.52. The molecular formula is C21H16ClN3O4. The van der Waals surface area contributed by atoms with Gasteiger partial charge in [0, 0.05) is 11.6 Å². The van der Waals surface area contributed by atoms with Crippen molar-refractivity contribution in [2.75, 3.05) is 0 Å².